The van der Waals surface area contributed by atoms with Crippen LogP contribution in [0.25, 0.3) is 0 Å². The van der Waals surface area contributed by atoms with Crippen LogP contribution in [0.4, 0.5) is 14.5 Å². The van der Waals surface area contributed by atoms with Crippen LogP contribution in [-0.2, 0) is 14.9 Å². The molecule has 3 aliphatic carbocycles. The average molecular weight is 543 g/mol. The van der Waals surface area contributed by atoms with E-state index >= 15 is 0 Å². The van der Waals surface area contributed by atoms with Gasteiger partial charge < -0.3 is 20.4 Å². The lowest BCUT2D eigenvalue weighted by Gasteiger charge is -2.46. The predicted molar refractivity (Wildman–Crippen MR) is 146 cm³/mol. The number of nitrogens with one attached hydrogen (secondary N) is 2. The highest BCUT2D eigenvalue weighted by atomic mass is 35.5. The number of nitrogens with zero attached hydrogens (tertiary/aromatic N) is 2. The minimum atomic E-state index is -2.63. The molecular weight excluding hydrogens is 507 g/mol. The molecule has 1 unspecified atom stereocenters. The minimum absolute atomic E-state index is 0.110. The van der Waals surface area contributed by atoms with Gasteiger partial charge in [0, 0.05) is 55.8 Å². The van der Waals surface area contributed by atoms with Gasteiger partial charge >= 0.3 is 0 Å². The highest BCUT2D eigenvalue weighted by molar-refractivity contribution is 6.40. The van der Waals surface area contributed by atoms with E-state index in [1.807, 2.05) is 24.0 Å². The van der Waals surface area contributed by atoms with E-state index in [1.54, 1.807) is 11.0 Å². The molecule has 5 rings (SSSR count). The molecular formula is C27H35B2ClF2N4O2. The largest absolute Gasteiger partial charge is 0.382 e. The molecule has 0 bridgehead atoms. The van der Waals surface area contributed by atoms with Gasteiger partial charge in [0.15, 0.2) is 0 Å². The van der Waals surface area contributed by atoms with Gasteiger partial charge in [-0.2, -0.15) is 0 Å². The number of hydrogen-bond donors (Lipinski definition) is 2. The summed E-state index contributed by atoms with van der Waals surface area (Å²) in [6.45, 7) is 3.51. The molecule has 1 spiro atoms. The Bertz CT molecular complexity index is 1080. The Morgan fingerprint density at radius 3 is 2.37 bits per heavy atom. The molecule has 38 heavy (non-hydrogen) atoms. The monoisotopic (exact) mass is 542 g/mol. The summed E-state index contributed by atoms with van der Waals surface area (Å²) in [6, 6.07) is 5.94. The average Bonchev–Trinajstić information content (AvgIpc) is 3.47. The fraction of sp³-hybridized carbons (Fsp3) is 0.704. The van der Waals surface area contributed by atoms with Crippen LogP contribution in [0, 0.1) is 10.8 Å². The van der Waals surface area contributed by atoms with Crippen LogP contribution in [0.1, 0.15) is 63.9 Å². The highest BCUT2D eigenvalue weighted by Crippen LogP contribution is 2.71. The van der Waals surface area contributed by atoms with Gasteiger partial charge in [0.25, 0.3) is 0 Å². The lowest BCUT2D eigenvalue weighted by atomic mass is 9.56. The summed E-state index contributed by atoms with van der Waals surface area (Å²) >= 11 is 6.29. The Labute approximate surface area is 231 Å². The fourth-order valence-electron chi connectivity index (χ4n) is 6.48. The first-order valence-electron chi connectivity index (χ1n) is 13.7. The smallest absolute Gasteiger partial charge is 0.248 e. The summed E-state index contributed by atoms with van der Waals surface area (Å²) < 4.78 is 27.2. The van der Waals surface area contributed by atoms with E-state index in [4.69, 9.17) is 27.3 Å². The Morgan fingerprint density at radius 2 is 1.76 bits per heavy atom. The summed E-state index contributed by atoms with van der Waals surface area (Å²) in [4.78, 5) is 29.5. The molecule has 4 aliphatic rings. The Kier molecular flexibility index (Phi) is 7.30. The summed E-state index contributed by atoms with van der Waals surface area (Å²) in [5, 5.41) is 5.59. The van der Waals surface area contributed by atoms with Crippen molar-refractivity contribution in [2.75, 3.05) is 38.0 Å². The van der Waals surface area contributed by atoms with Gasteiger partial charge in [-0.3, -0.25) is 9.59 Å². The third kappa shape index (κ3) is 5.19. The zero-order valence-electron chi connectivity index (χ0n) is 22.0. The number of piperazine rings is 1. The fourth-order valence-corrected chi connectivity index (χ4v) is 6.65. The second kappa shape index (κ2) is 9.99. The number of carbonyl (C=O) groups is 2. The molecule has 4 radical (unpaired) electrons. The van der Waals surface area contributed by atoms with E-state index in [0.29, 0.717) is 56.5 Å². The van der Waals surface area contributed by atoms with Gasteiger partial charge in [0.05, 0.1) is 27.7 Å². The molecule has 2 N–H and O–H groups in total. The van der Waals surface area contributed by atoms with Crippen molar-refractivity contribution in [2.24, 2.45) is 10.8 Å². The van der Waals surface area contributed by atoms with Crippen molar-refractivity contribution in [1.82, 2.24) is 15.1 Å². The number of anilines is 1. The number of carbonyl (C=O) groups excluding carboxylic acids is 2. The summed E-state index contributed by atoms with van der Waals surface area (Å²) in [6.07, 6.45) is 4.38. The van der Waals surface area contributed by atoms with Gasteiger partial charge in [0.2, 0.25) is 17.7 Å². The molecule has 1 aromatic rings. The van der Waals surface area contributed by atoms with Gasteiger partial charge in [-0.25, -0.2) is 8.78 Å². The quantitative estimate of drug-likeness (QED) is 0.517. The molecule has 11 heteroatoms. The van der Waals surface area contributed by atoms with Crippen LogP contribution in [0.3, 0.4) is 0 Å². The molecule has 1 aliphatic heterocycles. The lowest BCUT2D eigenvalue weighted by molar-refractivity contribution is -0.136. The SMILES string of the molecule is [B]C([B])(c1cc(Cl)ccc1NC1CCC1)N1CCN(C(=O)CNC(=O)C2(C)CC23CCC(F)(F)CC3)CC1. The maximum Gasteiger partial charge on any atom is 0.248 e. The van der Waals surface area contributed by atoms with E-state index in [1.165, 1.54) is 6.42 Å². The van der Waals surface area contributed by atoms with Gasteiger partial charge in [-0.05, 0) is 73.0 Å². The zero-order chi connectivity index (χ0) is 27.3. The molecule has 202 valence electrons. The summed E-state index contributed by atoms with van der Waals surface area (Å²) in [5.41, 5.74) is 0.559. The Hall–Kier alpha value is -1.80. The topological polar surface area (TPSA) is 64.7 Å². The second-order valence-electron chi connectivity index (χ2n) is 12.0. The van der Waals surface area contributed by atoms with Crippen molar-refractivity contribution in [3.8, 4) is 0 Å². The molecule has 4 fully saturated rings. The van der Waals surface area contributed by atoms with Crippen molar-refractivity contribution in [1.29, 1.82) is 0 Å². The number of hydrogen-bond acceptors (Lipinski definition) is 4. The van der Waals surface area contributed by atoms with Crippen LogP contribution in [-0.4, -0.2) is 82.0 Å². The van der Waals surface area contributed by atoms with Crippen molar-refractivity contribution < 1.29 is 18.4 Å². The molecule has 1 saturated heterocycles. The molecule has 3 saturated carbocycles. The normalized spacial score (nSPS) is 27.0. The van der Waals surface area contributed by atoms with Crippen molar-refractivity contribution in [3.05, 3.63) is 28.8 Å². The number of amides is 2. The van der Waals surface area contributed by atoms with Crippen LogP contribution >= 0.6 is 11.6 Å². The first kappa shape index (κ1) is 27.8. The van der Waals surface area contributed by atoms with E-state index in [2.05, 4.69) is 10.6 Å². The zero-order valence-corrected chi connectivity index (χ0v) is 22.8. The summed E-state index contributed by atoms with van der Waals surface area (Å²) in [5.74, 6) is -3.03. The number of alkyl halides is 2. The standard InChI is InChI=1S/C27H35B2ClF2N4O2/c1-24(17-25(24)7-9-26(31,32)10-8-25)23(38)33-16-22(37)35-11-13-36(14-12-35)27(28,29)20-15-18(30)5-6-21(20)34-19-3-2-4-19/h5-6,15,19,34H,2-4,7-14,16-17H2,1H3,(H,33,38). The number of halogens is 3. The van der Waals surface area contributed by atoms with Crippen molar-refractivity contribution >= 4 is 44.8 Å². The maximum absolute atomic E-state index is 13.6. The van der Waals surface area contributed by atoms with E-state index in [0.717, 1.165) is 24.1 Å². The summed E-state index contributed by atoms with van der Waals surface area (Å²) in [7, 11) is 13.3. The predicted octanol–water partition coefficient (Wildman–Crippen LogP) is 3.62. The molecule has 6 nitrogen and oxygen atoms in total. The van der Waals surface area contributed by atoms with Crippen molar-refractivity contribution in [3.63, 3.8) is 0 Å². The maximum atomic E-state index is 13.6. The van der Waals surface area contributed by atoms with Crippen LogP contribution < -0.4 is 10.6 Å². The molecule has 1 heterocycles. The first-order valence-corrected chi connectivity index (χ1v) is 14.1. The third-order valence-corrected chi connectivity index (χ3v) is 9.85. The van der Waals surface area contributed by atoms with Gasteiger partial charge in [0.1, 0.15) is 0 Å². The van der Waals surface area contributed by atoms with Crippen LogP contribution in [0.2, 0.25) is 5.02 Å². The van der Waals surface area contributed by atoms with Crippen LogP contribution in [0.5, 0.6) is 0 Å². The molecule has 1 atom stereocenters. The van der Waals surface area contributed by atoms with Crippen LogP contribution in [0.15, 0.2) is 18.2 Å². The van der Waals surface area contributed by atoms with Gasteiger partial charge in [-0.1, -0.05) is 18.5 Å². The van der Waals surface area contributed by atoms with Crippen molar-refractivity contribution in [2.45, 2.75) is 75.6 Å². The van der Waals surface area contributed by atoms with Gasteiger partial charge in [-0.15, -0.1) is 0 Å². The molecule has 2 amide bonds. The molecule has 0 aromatic heterocycles. The molecule has 1 aromatic carbocycles. The lowest BCUT2D eigenvalue weighted by Crippen LogP contribution is -2.58. The van der Waals surface area contributed by atoms with E-state index < -0.39 is 16.7 Å². The van der Waals surface area contributed by atoms with E-state index in [9.17, 15) is 18.4 Å². The highest BCUT2D eigenvalue weighted by Gasteiger charge is 2.69. The first-order chi connectivity index (χ1) is 17.9. The van der Waals surface area contributed by atoms with E-state index in [-0.39, 0.29) is 36.6 Å². The number of rotatable bonds is 7. The minimum Gasteiger partial charge on any atom is -0.382 e. The Morgan fingerprint density at radius 1 is 1.11 bits per heavy atom. The Balaban J connectivity index is 1.13. The third-order valence-electron chi connectivity index (χ3n) is 9.61. The number of benzene rings is 1. The second-order valence-corrected chi connectivity index (χ2v) is 12.4.